The SMILES string of the molecule is O=C(NCCN1CCCCC1)C1CCC(O[N+](=O)[O-])CC1. The zero-order valence-corrected chi connectivity index (χ0v) is 12.5. The topological polar surface area (TPSA) is 84.7 Å². The highest BCUT2D eigenvalue weighted by atomic mass is 17.0. The number of nitrogens with one attached hydrogen (secondary N) is 1. The van der Waals surface area contributed by atoms with Crippen LogP contribution in [-0.4, -0.2) is 48.2 Å². The van der Waals surface area contributed by atoms with Crippen LogP contribution in [0.3, 0.4) is 0 Å². The molecule has 21 heavy (non-hydrogen) atoms. The van der Waals surface area contributed by atoms with Crippen molar-refractivity contribution in [1.29, 1.82) is 0 Å². The van der Waals surface area contributed by atoms with Crippen LogP contribution in [0, 0.1) is 16.0 Å². The lowest BCUT2D eigenvalue weighted by molar-refractivity contribution is -0.769. The standard InChI is InChI=1S/C14H25N3O4/c18-14(15-8-11-16-9-2-1-3-10-16)12-4-6-13(7-5-12)21-17(19)20/h12-13H,1-11H2,(H,15,18). The van der Waals surface area contributed by atoms with Crippen LogP contribution in [0.15, 0.2) is 0 Å². The van der Waals surface area contributed by atoms with Gasteiger partial charge < -0.3 is 15.1 Å². The van der Waals surface area contributed by atoms with Crippen molar-refractivity contribution in [2.45, 2.75) is 51.0 Å². The van der Waals surface area contributed by atoms with Gasteiger partial charge in [0.25, 0.3) is 5.09 Å². The molecule has 120 valence electrons. The summed E-state index contributed by atoms with van der Waals surface area (Å²) in [5.41, 5.74) is 0. The summed E-state index contributed by atoms with van der Waals surface area (Å²) < 4.78 is 0. The van der Waals surface area contributed by atoms with Gasteiger partial charge in [-0.3, -0.25) is 4.79 Å². The summed E-state index contributed by atoms with van der Waals surface area (Å²) in [6, 6.07) is 0. The maximum absolute atomic E-state index is 12.1. The first-order valence-corrected chi connectivity index (χ1v) is 7.96. The molecule has 0 spiro atoms. The van der Waals surface area contributed by atoms with E-state index < -0.39 is 5.09 Å². The van der Waals surface area contributed by atoms with Crippen molar-refractivity contribution in [3.63, 3.8) is 0 Å². The van der Waals surface area contributed by atoms with E-state index in [1.54, 1.807) is 0 Å². The third-order valence-electron chi connectivity index (χ3n) is 4.46. The normalized spacial score (nSPS) is 27.0. The van der Waals surface area contributed by atoms with Crippen LogP contribution in [0.4, 0.5) is 0 Å². The number of carbonyl (C=O) groups is 1. The highest BCUT2D eigenvalue weighted by Crippen LogP contribution is 2.26. The van der Waals surface area contributed by atoms with Gasteiger partial charge in [0.1, 0.15) is 6.10 Å². The number of likely N-dealkylation sites (tertiary alicyclic amines) is 1. The minimum Gasteiger partial charge on any atom is -0.355 e. The second kappa shape index (κ2) is 8.17. The third-order valence-corrected chi connectivity index (χ3v) is 4.46. The van der Waals surface area contributed by atoms with E-state index >= 15 is 0 Å². The lowest BCUT2D eigenvalue weighted by Crippen LogP contribution is -2.40. The minimum absolute atomic E-state index is 0.0158. The van der Waals surface area contributed by atoms with E-state index in [0.717, 1.165) is 19.6 Å². The van der Waals surface area contributed by atoms with Gasteiger partial charge in [-0.15, -0.1) is 10.1 Å². The summed E-state index contributed by atoms with van der Waals surface area (Å²) in [6.07, 6.45) is 6.02. The molecule has 1 N–H and O–H groups in total. The number of piperidine rings is 1. The largest absolute Gasteiger partial charge is 0.355 e. The maximum Gasteiger partial charge on any atom is 0.294 e. The molecule has 7 heteroatoms. The van der Waals surface area contributed by atoms with E-state index in [0.29, 0.717) is 32.2 Å². The number of hydrogen-bond acceptors (Lipinski definition) is 5. The smallest absolute Gasteiger partial charge is 0.294 e. The summed E-state index contributed by atoms with van der Waals surface area (Å²) >= 11 is 0. The Morgan fingerprint density at radius 3 is 2.48 bits per heavy atom. The number of hydrogen-bond donors (Lipinski definition) is 1. The van der Waals surface area contributed by atoms with Gasteiger partial charge in [-0.2, -0.15) is 0 Å². The Morgan fingerprint density at radius 2 is 1.86 bits per heavy atom. The Kier molecular flexibility index (Phi) is 6.22. The van der Waals surface area contributed by atoms with Crippen LogP contribution in [-0.2, 0) is 9.63 Å². The summed E-state index contributed by atoms with van der Waals surface area (Å²) in [7, 11) is 0. The molecule has 0 radical (unpaired) electrons. The summed E-state index contributed by atoms with van der Waals surface area (Å²) in [6.45, 7) is 3.90. The van der Waals surface area contributed by atoms with E-state index in [4.69, 9.17) is 0 Å². The van der Waals surface area contributed by atoms with E-state index in [1.807, 2.05) is 0 Å². The van der Waals surface area contributed by atoms with Gasteiger partial charge in [0, 0.05) is 19.0 Å². The maximum atomic E-state index is 12.1. The first kappa shape index (κ1) is 16.0. The fourth-order valence-electron chi connectivity index (χ4n) is 3.22. The van der Waals surface area contributed by atoms with Crippen molar-refractivity contribution >= 4 is 5.91 Å². The van der Waals surface area contributed by atoms with Gasteiger partial charge in [0.15, 0.2) is 0 Å². The molecule has 0 atom stereocenters. The molecular formula is C14H25N3O4. The lowest BCUT2D eigenvalue weighted by Gasteiger charge is -2.28. The quantitative estimate of drug-likeness (QED) is 0.591. The van der Waals surface area contributed by atoms with E-state index in [-0.39, 0.29) is 17.9 Å². The minimum atomic E-state index is -0.732. The monoisotopic (exact) mass is 299 g/mol. The zero-order valence-electron chi connectivity index (χ0n) is 12.5. The van der Waals surface area contributed by atoms with Gasteiger partial charge in [0.05, 0.1) is 0 Å². The molecule has 2 aliphatic rings. The predicted molar refractivity (Wildman–Crippen MR) is 77.1 cm³/mol. The van der Waals surface area contributed by atoms with Crippen molar-refractivity contribution < 1.29 is 14.7 Å². The van der Waals surface area contributed by atoms with Gasteiger partial charge in [-0.1, -0.05) is 6.42 Å². The molecule has 0 aromatic carbocycles. The van der Waals surface area contributed by atoms with Crippen LogP contribution in [0.1, 0.15) is 44.9 Å². The molecule has 1 saturated heterocycles. The van der Waals surface area contributed by atoms with Crippen molar-refractivity contribution in [3.05, 3.63) is 10.1 Å². The van der Waals surface area contributed by atoms with E-state index in [9.17, 15) is 14.9 Å². The Hall–Kier alpha value is -1.37. The number of nitrogens with zero attached hydrogens (tertiary/aromatic N) is 2. The first-order chi connectivity index (χ1) is 10.1. The lowest BCUT2D eigenvalue weighted by atomic mass is 9.87. The van der Waals surface area contributed by atoms with Crippen molar-refractivity contribution in [2.75, 3.05) is 26.2 Å². The number of amides is 1. The summed E-state index contributed by atoms with van der Waals surface area (Å²) in [5, 5.41) is 12.5. The number of carbonyl (C=O) groups excluding carboxylic acids is 1. The highest BCUT2D eigenvalue weighted by Gasteiger charge is 2.27. The fourth-order valence-corrected chi connectivity index (χ4v) is 3.22. The zero-order chi connectivity index (χ0) is 15.1. The van der Waals surface area contributed by atoms with Crippen molar-refractivity contribution in [3.8, 4) is 0 Å². The Labute approximate surface area is 125 Å². The molecule has 0 bridgehead atoms. The van der Waals surface area contributed by atoms with Crippen molar-refractivity contribution in [2.24, 2.45) is 5.92 Å². The van der Waals surface area contributed by atoms with E-state index in [2.05, 4.69) is 15.1 Å². The Balaban J connectivity index is 1.59. The molecule has 1 heterocycles. The highest BCUT2D eigenvalue weighted by molar-refractivity contribution is 5.78. The Morgan fingerprint density at radius 1 is 1.19 bits per heavy atom. The molecule has 2 rings (SSSR count). The average Bonchev–Trinajstić information content (AvgIpc) is 2.48. The summed E-state index contributed by atoms with van der Waals surface area (Å²) in [4.78, 5) is 29.3. The summed E-state index contributed by atoms with van der Waals surface area (Å²) in [5.74, 6) is 0.0736. The molecule has 1 amide bonds. The third kappa shape index (κ3) is 5.49. The number of rotatable bonds is 6. The Bertz CT molecular complexity index is 350. The average molecular weight is 299 g/mol. The predicted octanol–water partition coefficient (Wildman–Crippen LogP) is 1.36. The first-order valence-electron chi connectivity index (χ1n) is 7.96. The van der Waals surface area contributed by atoms with Crippen LogP contribution in [0.25, 0.3) is 0 Å². The second-order valence-corrected chi connectivity index (χ2v) is 6.00. The van der Waals surface area contributed by atoms with Crippen LogP contribution in [0.5, 0.6) is 0 Å². The second-order valence-electron chi connectivity index (χ2n) is 6.00. The molecule has 1 aliphatic heterocycles. The molecule has 0 aromatic rings. The molecule has 0 aromatic heterocycles. The molecule has 0 unspecified atom stereocenters. The van der Waals surface area contributed by atoms with Crippen LogP contribution < -0.4 is 5.32 Å². The fraction of sp³-hybridized carbons (Fsp3) is 0.929. The van der Waals surface area contributed by atoms with Crippen molar-refractivity contribution in [1.82, 2.24) is 10.2 Å². The van der Waals surface area contributed by atoms with Crippen LogP contribution >= 0.6 is 0 Å². The molecule has 7 nitrogen and oxygen atoms in total. The molecule has 1 aliphatic carbocycles. The van der Waals surface area contributed by atoms with Gasteiger partial charge in [0.2, 0.25) is 5.91 Å². The van der Waals surface area contributed by atoms with Gasteiger partial charge >= 0.3 is 0 Å². The van der Waals surface area contributed by atoms with Gasteiger partial charge in [-0.05, 0) is 51.6 Å². The van der Waals surface area contributed by atoms with Gasteiger partial charge in [-0.25, -0.2) is 0 Å². The molecule has 1 saturated carbocycles. The molecular weight excluding hydrogens is 274 g/mol. The molecule has 2 fully saturated rings. The van der Waals surface area contributed by atoms with E-state index in [1.165, 1.54) is 19.3 Å². The van der Waals surface area contributed by atoms with Crippen LogP contribution in [0.2, 0.25) is 0 Å².